The predicted octanol–water partition coefficient (Wildman–Crippen LogP) is 1.77. The summed E-state index contributed by atoms with van der Waals surface area (Å²) >= 11 is 0. The van der Waals surface area contributed by atoms with E-state index in [-0.39, 0.29) is 12.1 Å². The number of carbonyl (C=O) groups excluding carboxylic acids is 1. The minimum Gasteiger partial charge on any atom is -0.458 e. The number of furan rings is 1. The Labute approximate surface area is 138 Å². The second-order valence-electron chi connectivity index (χ2n) is 5.94. The molecule has 2 aromatic heterocycles. The summed E-state index contributed by atoms with van der Waals surface area (Å²) in [6.07, 6.45) is 1.57. The van der Waals surface area contributed by atoms with Gasteiger partial charge in [-0.3, -0.25) is 9.59 Å². The maximum Gasteiger partial charge on any atom is 0.263 e. The van der Waals surface area contributed by atoms with Crippen LogP contribution in [0, 0.1) is 0 Å². The zero-order valence-corrected chi connectivity index (χ0v) is 13.4. The molecular weight excluding hydrogens is 308 g/mol. The third-order valence-corrected chi connectivity index (χ3v) is 3.92. The van der Waals surface area contributed by atoms with Crippen LogP contribution in [-0.2, 0) is 12.6 Å². The molecule has 1 atom stereocenters. The molecule has 0 saturated heterocycles. The Hall–Kier alpha value is -2.86. The summed E-state index contributed by atoms with van der Waals surface area (Å²) in [5.74, 6) is -0.183. The highest BCUT2D eigenvalue weighted by molar-refractivity contribution is 5.93. The number of fused-ring (bicyclic) bond motifs is 1. The van der Waals surface area contributed by atoms with Gasteiger partial charge in [-0.15, -0.1) is 0 Å². The molecule has 0 fully saturated rings. The molecule has 24 heavy (non-hydrogen) atoms. The number of rotatable bonds is 4. The van der Waals surface area contributed by atoms with Crippen molar-refractivity contribution < 1.29 is 14.3 Å². The highest BCUT2D eigenvalue weighted by Gasteiger charge is 2.28. The molecule has 2 N–H and O–H groups in total. The third-order valence-electron chi connectivity index (χ3n) is 3.92. The molecule has 2 heterocycles. The molecule has 1 aromatic carbocycles. The maximum atomic E-state index is 12.2. The molecule has 0 aliphatic rings. The normalized spacial score (nSPS) is 13.6. The highest BCUT2D eigenvalue weighted by atomic mass is 16.4. The molecule has 6 nitrogen and oxygen atoms in total. The van der Waals surface area contributed by atoms with Crippen LogP contribution in [0.5, 0.6) is 0 Å². The molecule has 124 valence electrons. The Morgan fingerprint density at radius 3 is 2.79 bits per heavy atom. The molecule has 3 rings (SSSR count). The van der Waals surface area contributed by atoms with Crippen molar-refractivity contribution >= 4 is 16.9 Å². The van der Waals surface area contributed by atoms with Crippen molar-refractivity contribution in [3.63, 3.8) is 0 Å². The monoisotopic (exact) mass is 326 g/mol. The molecule has 0 bridgehead atoms. The number of para-hydroxylation sites is 1. The first-order valence-electron chi connectivity index (χ1n) is 7.54. The van der Waals surface area contributed by atoms with Crippen molar-refractivity contribution in [1.29, 1.82) is 0 Å². The van der Waals surface area contributed by atoms with Gasteiger partial charge in [-0.25, -0.2) is 0 Å². The first kappa shape index (κ1) is 16.0. The van der Waals surface area contributed by atoms with E-state index in [9.17, 15) is 14.7 Å². The van der Waals surface area contributed by atoms with E-state index in [1.54, 1.807) is 38.4 Å². The summed E-state index contributed by atoms with van der Waals surface area (Å²) in [4.78, 5) is 24.1. The number of aliphatic hydroxyl groups is 1. The van der Waals surface area contributed by atoms with Crippen LogP contribution in [0.15, 0.2) is 57.9 Å². The van der Waals surface area contributed by atoms with Crippen LogP contribution >= 0.6 is 0 Å². The first-order chi connectivity index (χ1) is 11.4. The van der Waals surface area contributed by atoms with E-state index in [2.05, 4.69) is 5.32 Å². The SMILES string of the molecule is Cn1cccc(C(=O)NC[C@@](C)(O)c2cc3ccccc3o2)c1=O. The van der Waals surface area contributed by atoms with Gasteiger partial charge in [-0.05, 0) is 31.2 Å². The van der Waals surface area contributed by atoms with Gasteiger partial charge in [0.05, 0.1) is 6.54 Å². The van der Waals surface area contributed by atoms with Crippen LogP contribution in [0.25, 0.3) is 11.0 Å². The summed E-state index contributed by atoms with van der Waals surface area (Å²) in [5.41, 5.74) is -1.09. The molecule has 0 radical (unpaired) electrons. The van der Waals surface area contributed by atoms with Gasteiger partial charge in [0, 0.05) is 18.6 Å². The Kier molecular flexibility index (Phi) is 3.99. The summed E-state index contributed by atoms with van der Waals surface area (Å²) in [6, 6.07) is 12.2. The fraction of sp³-hybridized carbons (Fsp3) is 0.222. The van der Waals surface area contributed by atoms with E-state index in [4.69, 9.17) is 4.42 Å². The average molecular weight is 326 g/mol. The third kappa shape index (κ3) is 2.96. The number of hydrogen-bond acceptors (Lipinski definition) is 4. The van der Waals surface area contributed by atoms with Crippen LogP contribution in [-0.4, -0.2) is 22.1 Å². The second kappa shape index (κ2) is 5.98. The van der Waals surface area contributed by atoms with Gasteiger partial charge < -0.3 is 19.4 Å². The van der Waals surface area contributed by atoms with E-state index >= 15 is 0 Å². The average Bonchev–Trinajstić information content (AvgIpc) is 3.00. The number of aryl methyl sites for hydroxylation is 1. The number of hydrogen-bond donors (Lipinski definition) is 2. The topological polar surface area (TPSA) is 84.5 Å². The van der Waals surface area contributed by atoms with Crippen molar-refractivity contribution in [2.75, 3.05) is 6.54 Å². The summed E-state index contributed by atoms with van der Waals surface area (Å²) in [6.45, 7) is 1.47. The number of carbonyl (C=O) groups is 1. The fourth-order valence-corrected chi connectivity index (χ4v) is 2.45. The number of pyridine rings is 1. The molecule has 1 amide bonds. The lowest BCUT2D eigenvalue weighted by Gasteiger charge is -2.21. The van der Waals surface area contributed by atoms with Crippen molar-refractivity contribution in [3.8, 4) is 0 Å². The standard InChI is InChI=1S/C18H18N2O4/c1-18(23,15-10-12-6-3-4-8-14(12)24-15)11-19-16(21)13-7-5-9-20(2)17(13)22/h3-10,23H,11H2,1-2H3,(H,19,21)/t18-/m1/s1. The number of nitrogens with one attached hydrogen (secondary N) is 1. The van der Waals surface area contributed by atoms with E-state index in [0.717, 1.165) is 5.39 Å². The van der Waals surface area contributed by atoms with Crippen LogP contribution < -0.4 is 10.9 Å². The Balaban J connectivity index is 1.78. The zero-order chi connectivity index (χ0) is 17.3. The lowest BCUT2D eigenvalue weighted by atomic mass is 10.0. The first-order valence-corrected chi connectivity index (χ1v) is 7.54. The predicted molar refractivity (Wildman–Crippen MR) is 89.8 cm³/mol. The molecule has 6 heteroatoms. The summed E-state index contributed by atoms with van der Waals surface area (Å²) in [7, 11) is 1.57. The molecular formula is C18H18N2O4. The Morgan fingerprint density at radius 1 is 1.29 bits per heavy atom. The van der Waals surface area contributed by atoms with Crippen molar-refractivity contribution in [2.24, 2.45) is 7.05 Å². The van der Waals surface area contributed by atoms with Crippen LogP contribution in [0.3, 0.4) is 0 Å². The van der Waals surface area contributed by atoms with Crippen LogP contribution in [0.2, 0.25) is 0 Å². The number of benzene rings is 1. The maximum absolute atomic E-state index is 12.2. The van der Waals surface area contributed by atoms with E-state index in [1.807, 2.05) is 18.2 Å². The van der Waals surface area contributed by atoms with Gasteiger partial charge in [0.15, 0.2) is 0 Å². The quantitative estimate of drug-likeness (QED) is 0.765. The lowest BCUT2D eigenvalue weighted by molar-refractivity contribution is 0.0344. The molecule has 0 aliphatic carbocycles. The van der Waals surface area contributed by atoms with E-state index in [0.29, 0.717) is 11.3 Å². The summed E-state index contributed by atoms with van der Waals surface area (Å²) < 4.78 is 6.97. The van der Waals surface area contributed by atoms with Crippen molar-refractivity contribution in [3.05, 3.63) is 70.3 Å². The van der Waals surface area contributed by atoms with Gasteiger partial charge in [-0.1, -0.05) is 18.2 Å². The smallest absolute Gasteiger partial charge is 0.263 e. The second-order valence-corrected chi connectivity index (χ2v) is 5.94. The van der Waals surface area contributed by atoms with E-state index in [1.165, 1.54) is 10.6 Å². The van der Waals surface area contributed by atoms with E-state index < -0.39 is 17.1 Å². The molecule has 3 aromatic rings. The van der Waals surface area contributed by atoms with Gasteiger partial charge >= 0.3 is 0 Å². The van der Waals surface area contributed by atoms with Gasteiger partial charge in [0.2, 0.25) is 0 Å². The van der Waals surface area contributed by atoms with Crippen molar-refractivity contribution in [1.82, 2.24) is 9.88 Å². The number of amides is 1. The largest absolute Gasteiger partial charge is 0.458 e. The fourth-order valence-electron chi connectivity index (χ4n) is 2.45. The molecule has 0 aliphatic heterocycles. The highest BCUT2D eigenvalue weighted by Crippen LogP contribution is 2.27. The Morgan fingerprint density at radius 2 is 2.04 bits per heavy atom. The summed E-state index contributed by atoms with van der Waals surface area (Å²) in [5, 5.41) is 14.1. The lowest BCUT2D eigenvalue weighted by Crippen LogP contribution is -2.40. The van der Waals surface area contributed by atoms with Gasteiger partial charge in [0.1, 0.15) is 22.5 Å². The van der Waals surface area contributed by atoms with Gasteiger partial charge in [-0.2, -0.15) is 0 Å². The number of nitrogens with zero attached hydrogens (tertiary/aromatic N) is 1. The minimum atomic E-state index is -1.39. The number of aromatic nitrogens is 1. The molecule has 0 spiro atoms. The minimum absolute atomic E-state index is 0.0282. The molecule has 0 unspecified atom stereocenters. The van der Waals surface area contributed by atoms with Gasteiger partial charge in [0.25, 0.3) is 11.5 Å². The Bertz CT molecular complexity index is 920. The van der Waals surface area contributed by atoms with Crippen LogP contribution in [0.4, 0.5) is 0 Å². The molecule has 0 saturated carbocycles. The zero-order valence-electron chi connectivity index (χ0n) is 13.4. The van der Waals surface area contributed by atoms with Crippen molar-refractivity contribution in [2.45, 2.75) is 12.5 Å². The van der Waals surface area contributed by atoms with Crippen LogP contribution in [0.1, 0.15) is 23.0 Å².